The van der Waals surface area contributed by atoms with E-state index in [-0.39, 0.29) is 17.3 Å². The topological polar surface area (TPSA) is 91.1 Å². The predicted octanol–water partition coefficient (Wildman–Crippen LogP) is 5.12. The first-order chi connectivity index (χ1) is 13.1. The second kappa shape index (κ2) is 7.95. The zero-order chi connectivity index (χ0) is 22.2. The molecule has 2 rings (SSSR count). The van der Waals surface area contributed by atoms with E-state index < -0.39 is 31.0 Å². The summed E-state index contributed by atoms with van der Waals surface area (Å²) in [6.07, 6.45) is -0.967. The van der Waals surface area contributed by atoms with Gasteiger partial charge in [-0.1, -0.05) is 20.8 Å². The van der Waals surface area contributed by atoms with E-state index in [1.807, 2.05) is 0 Å². The second-order valence-electron chi connectivity index (χ2n) is 9.81. The predicted molar refractivity (Wildman–Crippen MR) is 114 cm³/mol. The van der Waals surface area contributed by atoms with E-state index in [0.717, 1.165) is 0 Å². The molecule has 9 heteroatoms. The van der Waals surface area contributed by atoms with E-state index >= 15 is 0 Å². The van der Waals surface area contributed by atoms with Crippen LogP contribution in [0.4, 0.5) is 16.2 Å². The molecular weight excluding hydrogens is 392 g/mol. The minimum Gasteiger partial charge on any atom is -0.484 e. The van der Waals surface area contributed by atoms with Crippen molar-refractivity contribution in [2.24, 2.45) is 0 Å². The molecule has 162 valence electrons. The summed E-state index contributed by atoms with van der Waals surface area (Å²) in [5, 5.41) is 11.2. The average Bonchev–Trinajstić information content (AvgIpc) is 2.56. The SMILES string of the molecule is CC(C)(C)OC(=O)N1C[C@@H](CO[Si](C)(C)C(C)(C)C)Oc2ccc([N+](=O)[O-])cc21. The van der Waals surface area contributed by atoms with Crippen molar-refractivity contribution in [3.63, 3.8) is 0 Å². The summed E-state index contributed by atoms with van der Waals surface area (Å²) >= 11 is 0. The molecule has 0 bridgehead atoms. The molecule has 0 aliphatic carbocycles. The Labute approximate surface area is 173 Å². The van der Waals surface area contributed by atoms with Crippen LogP contribution >= 0.6 is 0 Å². The fourth-order valence-corrected chi connectivity index (χ4v) is 3.58. The number of anilines is 1. The smallest absolute Gasteiger partial charge is 0.415 e. The Kier molecular flexibility index (Phi) is 6.34. The van der Waals surface area contributed by atoms with E-state index in [0.29, 0.717) is 18.0 Å². The molecule has 0 fully saturated rings. The number of fused-ring (bicyclic) bond motifs is 1. The van der Waals surface area contributed by atoms with Crippen molar-refractivity contribution < 1.29 is 23.6 Å². The lowest BCUT2D eigenvalue weighted by Crippen LogP contribution is -2.50. The number of nitro groups is 1. The first-order valence-electron chi connectivity index (χ1n) is 9.70. The van der Waals surface area contributed by atoms with Crippen LogP contribution < -0.4 is 9.64 Å². The summed E-state index contributed by atoms with van der Waals surface area (Å²) in [7, 11) is -2.00. The van der Waals surface area contributed by atoms with Gasteiger partial charge < -0.3 is 13.9 Å². The highest BCUT2D eigenvalue weighted by atomic mass is 28.4. The lowest BCUT2D eigenvalue weighted by atomic mass is 10.1. The molecule has 0 spiro atoms. The molecule has 0 aromatic heterocycles. The summed E-state index contributed by atoms with van der Waals surface area (Å²) in [5.74, 6) is 0.400. The van der Waals surface area contributed by atoms with Gasteiger partial charge >= 0.3 is 6.09 Å². The monoisotopic (exact) mass is 424 g/mol. The molecule has 0 saturated heterocycles. The molecule has 0 radical (unpaired) electrons. The molecule has 1 atom stereocenters. The fourth-order valence-electron chi connectivity index (χ4n) is 2.54. The fraction of sp³-hybridized carbons (Fsp3) is 0.650. The molecule has 0 unspecified atom stereocenters. The Balaban J connectivity index is 2.30. The number of amides is 1. The number of nitro benzene ring substituents is 1. The van der Waals surface area contributed by atoms with Gasteiger partial charge in [-0.3, -0.25) is 15.0 Å². The zero-order valence-electron chi connectivity index (χ0n) is 18.6. The van der Waals surface area contributed by atoms with Crippen molar-refractivity contribution in [2.45, 2.75) is 71.4 Å². The minimum atomic E-state index is -2.00. The normalized spacial score (nSPS) is 17.4. The van der Waals surface area contributed by atoms with Crippen LogP contribution in [-0.2, 0) is 9.16 Å². The van der Waals surface area contributed by atoms with Gasteiger partial charge in [-0.2, -0.15) is 0 Å². The Bertz CT molecular complexity index is 782. The van der Waals surface area contributed by atoms with Gasteiger partial charge in [0, 0.05) is 12.1 Å². The number of benzene rings is 1. The number of non-ortho nitro benzene ring substituents is 1. The van der Waals surface area contributed by atoms with Crippen LogP contribution in [0.5, 0.6) is 5.75 Å². The minimum absolute atomic E-state index is 0.0467. The Hall–Kier alpha value is -2.13. The quantitative estimate of drug-likeness (QED) is 0.378. The van der Waals surface area contributed by atoms with Gasteiger partial charge in [0.15, 0.2) is 8.32 Å². The number of hydrogen-bond acceptors (Lipinski definition) is 6. The van der Waals surface area contributed by atoms with Gasteiger partial charge in [-0.05, 0) is 45.0 Å². The van der Waals surface area contributed by atoms with E-state index in [1.165, 1.54) is 23.1 Å². The van der Waals surface area contributed by atoms with E-state index in [1.54, 1.807) is 20.8 Å². The molecule has 0 N–H and O–H groups in total. The maximum atomic E-state index is 12.8. The molecule has 1 aromatic rings. The van der Waals surface area contributed by atoms with Gasteiger partial charge in [0.05, 0.1) is 23.8 Å². The van der Waals surface area contributed by atoms with Crippen LogP contribution in [0.1, 0.15) is 41.5 Å². The summed E-state index contributed by atoms with van der Waals surface area (Å²) in [6, 6.07) is 4.22. The van der Waals surface area contributed by atoms with E-state index in [9.17, 15) is 14.9 Å². The zero-order valence-corrected chi connectivity index (χ0v) is 19.6. The van der Waals surface area contributed by atoms with Crippen molar-refractivity contribution in [3.05, 3.63) is 28.3 Å². The number of hydrogen-bond donors (Lipinski definition) is 0. The molecule has 1 aromatic carbocycles. The summed E-state index contributed by atoms with van der Waals surface area (Å²) in [4.78, 5) is 24.9. The van der Waals surface area contributed by atoms with Gasteiger partial charge in [-0.15, -0.1) is 0 Å². The van der Waals surface area contributed by atoms with Crippen LogP contribution in [-0.4, -0.2) is 44.2 Å². The van der Waals surface area contributed by atoms with Gasteiger partial charge in [-0.25, -0.2) is 4.79 Å². The molecule has 29 heavy (non-hydrogen) atoms. The highest BCUT2D eigenvalue weighted by Crippen LogP contribution is 2.39. The standard InChI is InChI=1S/C20H32N2O6Si/c1-19(2,3)28-18(23)21-12-15(13-26-29(7,8)20(4,5)6)27-17-10-9-14(22(24)25)11-16(17)21/h9-11,15H,12-13H2,1-8H3/t15-/m0/s1. The molecule has 1 heterocycles. The highest BCUT2D eigenvalue weighted by molar-refractivity contribution is 6.74. The lowest BCUT2D eigenvalue weighted by Gasteiger charge is -2.39. The average molecular weight is 425 g/mol. The molecule has 1 aliphatic rings. The third-order valence-electron chi connectivity index (χ3n) is 5.17. The van der Waals surface area contributed by atoms with Crippen LogP contribution in [0.25, 0.3) is 0 Å². The van der Waals surface area contributed by atoms with Gasteiger partial charge in [0.1, 0.15) is 17.5 Å². The summed E-state index contributed by atoms with van der Waals surface area (Å²) in [6.45, 7) is 16.6. The Morgan fingerprint density at radius 1 is 1.28 bits per heavy atom. The van der Waals surface area contributed by atoms with Crippen LogP contribution in [0, 0.1) is 10.1 Å². The van der Waals surface area contributed by atoms with Gasteiger partial charge in [0.25, 0.3) is 5.69 Å². The number of rotatable bonds is 4. The van der Waals surface area contributed by atoms with E-state index in [4.69, 9.17) is 13.9 Å². The third kappa shape index (κ3) is 5.69. The van der Waals surface area contributed by atoms with Crippen LogP contribution in [0.15, 0.2) is 18.2 Å². The summed E-state index contributed by atoms with van der Waals surface area (Å²) < 4.78 is 17.8. The van der Waals surface area contributed by atoms with Crippen molar-refractivity contribution in [1.82, 2.24) is 0 Å². The largest absolute Gasteiger partial charge is 0.484 e. The number of carbonyl (C=O) groups is 1. The number of ether oxygens (including phenoxy) is 2. The molecule has 1 aliphatic heterocycles. The van der Waals surface area contributed by atoms with Crippen molar-refractivity contribution in [3.8, 4) is 5.75 Å². The van der Waals surface area contributed by atoms with Gasteiger partial charge in [0.2, 0.25) is 0 Å². The molecule has 8 nitrogen and oxygen atoms in total. The number of carbonyl (C=O) groups excluding carboxylic acids is 1. The highest BCUT2D eigenvalue weighted by Gasteiger charge is 2.40. The van der Waals surface area contributed by atoms with Crippen LogP contribution in [0.2, 0.25) is 18.1 Å². The lowest BCUT2D eigenvalue weighted by molar-refractivity contribution is -0.384. The van der Waals surface area contributed by atoms with Crippen molar-refractivity contribution in [1.29, 1.82) is 0 Å². The molecular formula is C20H32N2O6Si. The van der Waals surface area contributed by atoms with Crippen LogP contribution in [0.3, 0.4) is 0 Å². The second-order valence-corrected chi connectivity index (χ2v) is 14.6. The van der Waals surface area contributed by atoms with Crippen molar-refractivity contribution in [2.75, 3.05) is 18.1 Å². The molecule has 0 saturated carbocycles. The molecule has 1 amide bonds. The Morgan fingerprint density at radius 3 is 2.41 bits per heavy atom. The maximum absolute atomic E-state index is 12.8. The number of nitrogens with zero attached hydrogens (tertiary/aromatic N) is 2. The third-order valence-corrected chi connectivity index (χ3v) is 9.67. The first-order valence-corrected chi connectivity index (χ1v) is 12.6. The first kappa shape index (κ1) is 23.1. The van der Waals surface area contributed by atoms with E-state index in [2.05, 4.69) is 33.9 Å². The Morgan fingerprint density at radius 2 is 1.90 bits per heavy atom. The maximum Gasteiger partial charge on any atom is 0.415 e. The van der Waals surface area contributed by atoms with Crippen molar-refractivity contribution >= 4 is 25.8 Å². The summed E-state index contributed by atoms with van der Waals surface area (Å²) in [5.41, 5.74) is -0.474.